The molecule has 1 saturated heterocycles. The summed E-state index contributed by atoms with van der Waals surface area (Å²) >= 11 is 0. The third kappa shape index (κ3) is 4.38. The van der Waals surface area contributed by atoms with Gasteiger partial charge in [0.05, 0.1) is 16.7 Å². The van der Waals surface area contributed by atoms with Crippen molar-refractivity contribution in [1.29, 1.82) is 0 Å². The monoisotopic (exact) mass is 458 g/mol. The number of anilines is 3. The maximum Gasteiger partial charge on any atom is 0.321 e. The van der Waals surface area contributed by atoms with Crippen LogP contribution in [0.25, 0.3) is 21.9 Å². The van der Waals surface area contributed by atoms with Crippen molar-refractivity contribution in [2.45, 2.75) is 33.7 Å². The van der Waals surface area contributed by atoms with E-state index in [1.54, 1.807) is 0 Å². The van der Waals surface area contributed by atoms with E-state index in [1.807, 2.05) is 55.3 Å². The van der Waals surface area contributed by atoms with Crippen molar-refractivity contribution in [2.75, 3.05) is 36.8 Å². The highest BCUT2D eigenvalue weighted by Crippen LogP contribution is 2.29. The summed E-state index contributed by atoms with van der Waals surface area (Å²) < 4.78 is 0. The number of aryl methyl sites for hydroxylation is 2. The van der Waals surface area contributed by atoms with Gasteiger partial charge in [0.1, 0.15) is 11.3 Å². The lowest BCUT2D eigenvalue weighted by atomic mass is 10.1. The number of carbonyl (C=O) groups excluding carboxylic acids is 1. The second-order valence-corrected chi connectivity index (χ2v) is 9.12. The van der Waals surface area contributed by atoms with Crippen LogP contribution in [0.5, 0.6) is 0 Å². The molecule has 0 atom stereocenters. The van der Waals surface area contributed by atoms with Crippen LogP contribution in [0, 0.1) is 13.8 Å². The Kier molecular flexibility index (Phi) is 5.79. The van der Waals surface area contributed by atoms with Crippen molar-refractivity contribution in [3.8, 4) is 0 Å². The molecule has 3 heterocycles. The Balaban J connectivity index is 1.40. The van der Waals surface area contributed by atoms with Gasteiger partial charge in [0.2, 0.25) is 5.95 Å². The fraction of sp³-hybridized carbons (Fsp3) is 0.360. The van der Waals surface area contributed by atoms with Crippen LogP contribution in [0.1, 0.15) is 25.2 Å². The average Bonchev–Trinajstić information content (AvgIpc) is 3.20. The predicted octanol–water partition coefficient (Wildman–Crippen LogP) is 4.42. The zero-order chi connectivity index (χ0) is 23.8. The van der Waals surface area contributed by atoms with E-state index in [2.05, 4.69) is 44.3 Å². The van der Waals surface area contributed by atoms with E-state index < -0.39 is 0 Å². The van der Waals surface area contributed by atoms with E-state index in [9.17, 15) is 4.79 Å². The van der Waals surface area contributed by atoms with Crippen LogP contribution < -0.4 is 10.6 Å². The molecule has 1 aliphatic rings. The zero-order valence-electron chi connectivity index (χ0n) is 20.0. The van der Waals surface area contributed by atoms with Gasteiger partial charge in [-0.25, -0.2) is 19.7 Å². The second-order valence-electron chi connectivity index (χ2n) is 9.12. The number of piperazine rings is 1. The fourth-order valence-electron chi connectivity index (χ4n) is 4.44. The number of aromatic nitrogens is 4. The number of H-pyrrole nitrogens is 1. The molecule has 0 saturated carbocycles. The van der Waals surface area contributed by atoms with E-state index >= 15 is 0 Å². The fourth-order valence-corrected chi connectivity index (χ4v) is 4.44. The molecule has 2 aromatic carbocycles. The first-order valence-corrected chi connectivity index (χ1v) is 11.7. The van der Waals surface area contributed by atoms with Crippen molar-refractivity contribution >= 4 is 45.3 Å². The van der Waals surface area contributed by atoms with Gasteiger partial charge in [0.25, 0.3) is 0 Å². The minimum absolute atomic E-state index is 0.111. The van der Waals surface area contributed by atoms with E-state index in [-0.39, 0.29) is 6.03 Å². The van der Waals surface area contributed by atoms with Crippen LogP contribution >= 0.6 is 0 Å². The Morgan fingerprint density at radius 3 is 2.62 bits per heavy atom. The molecular formula is C25H30N8O. The molecule has 0 spiro atoms. The summed E-state index contributed by atoms with van der Waals surface area (Å²) in [6.45, 7) is 11.5. The highest BCUT2D eigenvalue weighted by atomic mass is 16.2. The van der Waals surface area contributed by atoms with Gasteiger partial charge < -0.3 is 20.5 Å². The summed E-state index contributed by atoms with van der Waals surface area (Å²) in [7, 11) is 0. The van der Waals surface area contributed by atoms with Gasteiger partial charge in [-0.05, 0) is 45.4 Å². The number of rotatable bonds is 4. The van der Waals surface area contributed by atoms with Crippen molar-refractivity contribution in [3.63, 3.8) is 0 Å². The van der Waals surface area contributed by atoms with Gasteiger partial charge in [-0.3, -0.25) is 4.90 Å². The topological polar surface area (TPSA) is 102 Å². The van der Waals surface area contributed by atoms with Crippen LogP contribution in [0.3, 0.4) is 0 Å². The Morgan fingerprint density at radius 2 is 1.85 bits per heavy atom. The Bertz CT molecular complexity index is 1350. The van der Waals surface area contributed by atoms with Gasteiger partial charge in [-0.2, -0.15) is 0 Å². The lowest BCUT2D eigenvalue weighted by Gasteiger charge is -2.36. The Morgan fingerprint density at radius 1 is 1.06 bits per heavy atom. The predicted molar refractivity (Wildman–Crippen MR) is 136 cm³/mol. The maximum absolute atomic E-state index is 13.1. The number of amides is 2. The molecule has 9 nitrogen and oxygen atoms in total. The van der Waals surface area contributed by atoms with Crippen LogP contribution in [0.15, 0.2) is 36.5 Å². The smallest absolute Gasteiger partial charge is 0.321 e. The molecular weight excluding hydrogens is 428 g/mol. The molecule has 0 aliphatic carbocycles. The first-order chi connectivity index (χ1) is 16.4. The minimum atomic E-state index is -0.111. The highest BCUT2D eigenvalue weighted by Gasteiger charge is 2.23. The van der Waals surface area contributed by atoms with Crippen molar-refractivity contribution in [2.24, 2.45) is 0 Å². The summed E-state index contributed by atoms with van der Waals surface area (Å²) in [4.78, 5) is 34.3. The number of nitrogens with zero attached hydrogens (tertiary/aromatic N) is 5. The summed E-state index contributed by atoms with van der Waals surface area (Å²) in [5.74, 6) is 1.28. The number of hydrogen-bond acceptors (Lipinski definition) is 6. The number of aromatic amines is 1. The molecule has 2 aromatic heterocycles. The summed E-state index contributed by atoms with van der Waals surface area (Å²) in [6, 6.07) is 10.3. The van der Waals surface area contributed by atoms with Gasteiger partial charge in [0, 0.05) is 49.5 Å². The molecule has 1 fully saturated rings. The summed E-state index contributed by atoms with van der Waals surface area (Å²) in [6.07, 6.45) is 1.82. The third-order valence-electron chi connectivity index (χ3n) is 6.35. The molecule has 9 heteroatoms. The third-order valence-corrected chi connectivity index (χ3v) is 6.35. The lowest BCUT2D eigenvalue weighted by molar-refractivity contribution is 0.125. The molecule has 1 aliphatic heterocycles. The van der Waals surface area contributed by atoms with E-state index in [4.69, 9.17) is 4.98 Å². The molecule has 3 N–H and O–H groups in total. The molecule has 176 valence electrons. The molecule has 34 heavy (non-hydrogen) atoms. The van der Waals surface area contributed by atoms with E-state index in [0.717, 1.165) is 52.1 Å². The SMILES string of the molecule is Cc1nc2c(NC(=O)N3CCN(C(C)C)CC3)cc(Nc3ncc4cccc(C)c4n3)cc2[nH]1. The van der Waals surface area contributed by atoms with Crippen molar-refractivity contribution in [3.05, 3.63) is 47.9 Å². The number of imidazole rings is 1. The number of hydrogen-bond donors (Lipinski definition) is 3. The van der Waals surface area contributed by atoms with Gasteiger partial charge in [-0.1, -0.05) is 18.2 Å². The van der Waals surface area contributed by atoms with Crippen molar-refractivity contribution in [1.82, 2.24) is 29.7 Å². The molecule has 0 unspecified atom stereocenters. The summed E-state index contributed by atoms with van der Waals surface area (Å²) in [5, 5.41) is 7.37. The summed E-state index contributed by atoms with van der Waals surface area (Å²) in [5.41, 5.74) is 4.98. The maximum atomic E-state index is 13.1. The lowest BCUT2D eigenvalue weighted by Crippen LogP contribution is -2.51. The van der Waals surface area contributed by atoms with Gasteiger partial charge >= 0.3 is 6.03 Å². The van der Waals surface area contributed by atoms with E-state index in [1.165, 1.54) is 0 Å². The number of nitrogens with one attached hydrogen (secondary N) is 3. The van der Waals surface area contributed by atoms with Crippen LogP contribution in [0.4, 0.5) is 22.1 Å². The van der Waals surface area contributed by atoms with Gasteiger partial charge in [-0.15, -0.1) is 0 Å². The Labute approximate surface area is 198 Å². The standard InChI is InChI=1S/C25H30N8O/c1-15(2)32-8-10-33(11-9-32)25(34)30-21-13-19(12-20-23(21)28-17(4)27-20)29-24-26-14-18-7-5-6-16(3)22(18)31-24/h5-7,12-15H,8-11H2,1-4H3,(H,27,28)(H,30,34)(H,26,29,31). The molecule has 2 amide bonds. The number of carbonyl (C=O) groups is 1. The van der Waals surface area contributed by atoms with Crippen LogP contribution in [0.2, 0.25) is 0 Å². The highest BCUT2D eigenvalue weighted by molar-refractivity contribution is 6.01. The molecule has 0 radical (unpaired) electrons. The van der Waals surface area contributed by atoms with Crippen LogP contribution in [-0.2, 0) is 0 Å². The second kappa shape index (κ2) is 8.90. The van der Waals surface area contributed by atoms with E-state index in [0.29, 0.717) is 30.8 Å². The average molecular weight is 459 g/mol. The normalized spacial score (nSPS) is 14.8. The van der Waals surface area contributed by atoms with Crippen LogP contribution in [-0.4, -0.2) is 68.0 Å². The Hall–Kier alpha value is -3.72. The number of benzene rings is 2. The number of urea groups is 1. The first-order valence-electron chi connectivity index (χ1n) is 11.7. The number of para-hydroxylation sites is 1. The molecule has 0 bridgehead atoms. The number of fused-ring (bicyclic) bond motifs is 2. The largest absolute Gasteiger partial charge is 0.342 e. The molecule has 4 aromatic rings. The van der Waals surface area contributed by atoms with Crippen molar-refractivity contribution < 1.29 is 4.79 Å². The molecule has 5 rings (SSSR count). The minimum Gasteiger partial charge on any atom is -0.342 e. The quantitative estimate of drug-likeness (QED) is 0.418. The zero-order valence-corrected chi connectivity index (χ0v) is 20.0. The first kappa shape index (κ1) is 22.1. The van der Waals surface area contributed by atoms with Gasteiger partial charge in [0.15, 0.2) is 0 Å².